The van der Waals surface area contributed by atoms with Crippen LogP contribution in [0, 0.1) is 6.92 Å². The molecule has 88 valence electrons. The highest BCUT2D eigenvalue weighted by Gasteiger charge is 2.16. The van der Waals surface area contributed by atoms with Crippen LogP contribution in [0.25, 0.3) is 0 Å². The minimum Gasteiger partial charge on any atom is -0.474 e. The summed E-state index contributed by atoms with van der Waals surface area (Å²) in [5.74, 6) is 0.756. The molecule has 1 aromatic heterocycles. The molecule has 0 spiro atoms. The highest BCUT2D eigenvalue weighted by Crippen LogP contribution is 2.29. The first-order valence-electron chi connectivity index (χ1n) is 6.05. The van der Waals surface area contributed by atoms with Gasteiger partial charge in [0, 0.05) is 6.20 Å². The van der Waals surface area contributed by atoms with Gasteiger partial charge in [-0.1, -0.05) is 12.8 Å². The number of pyridine rings is 1. The zero-order chi connectivity index (χ0) is 11.4. The summed E-state index contributed by atoms with van der Waals surface area (Å²) >= 11 is 3.54. The number of aryl methyl sites for hydroxylation is 1. The van der Waals surface area contributed by atoms with Gasteiger partial charge in [0.2, 0.25) is 5.88 Å². The van der Waals surface area contributed by atoms with Gasteiger partial charge in [0.15, 0.2) is 0 Å². The highest BCUT2D eigenvalue weighted by atomic mass is 79.9. The van der Waals surface area contributed by atoms with Crippen molar-refractivity contribution in [3.8, 4) is 5.88 Å². The molecule has 0 unspecified atom stereocenters. The predicted molar refractivity (Wildman–Crippen MR) is 68.8 cm³/mol. The first-order valence-corrected chi connectivity index (χ1v) is 6.84. The molecular weight excluding hydrogens is 266 g/mol. The van der Waals surface area contributed by atoms with Crippen LogP contribution in [0.15, 0.2) is 16.7 Å². The van der Waals surface area contributed by atoms with E-state index in [1.54, 1.807) is 0 Å². The summed E-state index contributed by atoms with van der Waals surface area (Å²) in [6, 6.07) is 1.99. The Kier molecular flexibility index (Phi) is 4.22. The third kappa shape index (κ3) is 2.97. The van der Waals surface area contributed by atoms with Crippen molar-refractivity contribution < 1.29 is 4.74 Å². The van der Waals surface area contributed by atoms with Crippen molar-refractivity contribution in [3.63, 3.8) is 0 Å². The lowest BCUT2D eigenvalue weighted by Gasteiger charge is -2.17. The van der Waals surface area contributed by atoms with Gasteiger partial charge in [-0.05, 0) is 60.2 Å². The second-order valence-corrected chi connectivity index (χ2v) is 5.27. The quantitative estimate of drug-likeness (QED) is 0.757. The lowest BCUT2D eigenvalue weighted by atomic mass is 10.1. The molecule has 0 N–H and O–H groups in total. The molecule has 2 nitrogen and oxygen atoms in total. The molecule has 1 aromatic rings. The second kappa shape index (κ2) is 5.67. The van der Waals surface area contributed by atoms with Crippen LogP contribution < -0.4 is 4.74 Å². The maximum absolute atomic E-state index is 5.99. The van der Waals surface area contributed by atoms with Gasteiger partial charge in [-0.3, -0.25) is 0 Å². The van der Waals surface area contributed by atoms with Crippen LogP contribution in [-0.4, -0.2) is 11.1 Å². The monoisotopic (exact) mass is 283 g/mol. The largest absolute Gasteiger partial charge is 0.474 e. The normalized spacial score (nSPS) is 18.1. The number of hydrogen-bond acceptors (Lipinski definition) is 2. The molecule has 0 bridgehead atoms. The number of ether oxygens (including phenoxy) is 1. The fourth-order valence-corrected chi connectivity index (χ4v) is 2.44. The van der Waals surface area contributed by atoms with E-state index in [4.69, 9.17) is 4.74 Å². The minimum absolute atomic E-state index is 0.355. The molecule has 16 heavy (non-hydrogen) atoms. The van der Waals surface area contributed by atoms with Crippen LogP contribution in [0.4, 0.5) is 0 Å². The van der Waals surface area contributed by atoms with Crippen LogP contribution in [0.1, 0.15) is 44.1 Å². The molecule has 2 rings (SSSR count). The number of halogens is 1. The van der Waals surface area contributed by atoms with Gasteiger partial charge in [0.25, 0.3) is 0 Å². The smallest absolute Gasteiger partial charge is 0.228 e. The molecule has 0 saturated heterocycles. The molecule has 1 heterocycles. The summed E-state index contributed by atoms with van der Waals surface area (Å²) in [6.45, 7) is 2.06. The molecule has 0 radical (unpaired) electrons. The average Bonchev–Trinajstić information content (AvgIpc) is 2.53. The van der Waals surface area contributed by atoms with Gasteiger partial charge in [-0.15, -0.1) is 0 Å². The van der Waals surface area contributed by atoms with E-state index >= 15 is 0 Å². The van der Waals surface area contributed by atoms with Crippen molar-refractivity contribution in [1.29, 1.82) is 0 Å². The molecule has 0 aliphatic heterocycles. The van der Waals surface area contributed by atoms with Gasteiger partial charge >= 0.3 is 0 Å². The SMILES string of the molecule is Cc1ccnc(OC2CCCCCC2)c1Br. The maximum atomic E-state index is 5.99. The van der Waals surface area contributed by atoms with Gasteiger partial charge in [0.1, 0.15) is 6.10 Å². The first kappa shape index (κ1) is 11.9. The molecule has 1 aliphatic carbocycles. The van der Waals surface area contributed by atoms with Gasteiger partial charge in [-0.25, -0.2) is 4.98 Å². The maximum Gasteiger partial charge on any atom is 0.228 e. The van der Waals surface area contributed by atoms with Crippen molar-refractivity contribution >= 4 is 15.9 Å². The lowest BCUT2D eigenvalue weighted by Crippen LogP contribution is -2.16. The van der Waals surface area contributed by atoms with Gasteiger partial charge in [0.05, 0.1) is 4.47 Å². The molecular formula is C13H18BrNO. The average molecular weight is 284 g/mol. The Morgan fingerprint density at radius 2 is 1.94 bits per heavy atom. The summed E-state index contributed by atoms with van der Waals surface area (Å²) < 4.78 is 6.99. The van der Waals surface area contributed by atoms with Crippen LogP contribution in [0.5, 0.6) is 5.88 Å². The van der Waals surface area contributed by atoms with Gasteiger partial charge in [-0.2, -0.15) is 0 Å². The Morgan fingerprint density at radius 3 is 2.62 bits per heavy atom. The Balaban J connectivity index is 2.04. The van der Waals surface area contributed by atoms with E-state index in [9.17, 15) is 0 Å². The molecule has 1 aliphatic rings. The molecule has 0 amide bonds. The number of nitrogens with zero attached hydrogens (tertiary/aromatic N) is 1. The predicted octanol–water partition coefficient (Wildman–Crippen LogP) is 4.25. The minimum atomic E-state index is 0.355. The van der Waals surface area contributed by atoms with E-state index in [2.05, 4.69) is 27.8 Å². The number of hydrogen-bond donors (Lipinski definition) is 0. The Hall–Kier alpha value is -0.570. The first-order chi connectivity index (χ1) is 7.77. The van der Waals surface area contributed by atoms with Crippen molar-refractivity contribution in [3.05, 3.63) is 22.3 Å². The van der Waals surface area contributed by atoms with Gasteiger partial charge < -0.3 is 4.74 Å². The van der Waals surface area contributed by atoms with Crippen LogP contribution in [-0.2, 0) is 0 Å². The zero-order valence-electron chi connectivity index (χ0n) is 9.71. The van der Waals surface area contributed by atoms with E-state index in [0.717, 1.165) is 10.4 Å². The third-order valence-corrected chi connectivity index (χ3v) is 4.10. The lowest BCUT2D eigenvalue weighted by molar-refractivity contribution is 0.175. The summed E-state index contributed by atoms with van der Waals surface area (Å²) in [6.07, 6.45) is 9.77. The van der Waals surface area contributed by atoms with Crippen molar-refractivity contribution in [1.82, 2.24) is 4.98 Å². The summed E-state index contributed by atoms with van der Waals surface area (Å²) in [5.41, 5.74) is 1.18. The molecule has 0 aromatic carbocycles. The van der Waals surface area contributed by atoms with E-state index in [1.807, 2.05) is 12.3 Å². The molecule has 1 fully saturated rings. The Labute approximate surface area is 106 Å². The van der Waals surface area contributed by atoms with Crippen molar-refractivity contribution in [2.45, 2.75) is 51.6 Å². The second-order valence-electron chi connectivity index (χ2n) is 4.48. The number of rotatable bonds is 2. The van der Waals surface area contributed by atoms with Crippen molar-refractivity contribution in [2.75, 3.05) is 0 Å². The van der Waals surface area contributed by atoms with E-state index in [-0.39, 0.29) is 0 Å². The Morgan fingerprint density at radius 1 is 1.25 bits per heavy atom. The van der Waals surface area contributed by atoms with Crippen molar-refractivity contribution in [2.24, 2.45) is 0 Å². The number of aromatic nitrogens is 1. The summed E-state index contributed by atoms with van der Waals surface area (Å²) in [4.78, 5) is 4.29. The van der Waals surface area contributed by atoms with E-state index in [1.165, 1.54) is 44.1 Å². The summed E-state index contributed by atoms with van der Waals surface area (Å²) in [7, 11) is 0. The molecule has 1 saturated carbocycles. The topological polar surface area (TPSA) is 22.1 Å². The van der Waals surface area contributed by atoms with E-state index in [0.29, 0.717) is 6.10 Å². The fraction of sp³-hybridized carbons (Fsp3) is 0.615. The standard InChI is InChI=1S/C13H18BrNO/c1-10-8-9-15-13(12(10)14)16-11-6-4-2-3-5-7-11/h8-9,11H,2-7H2,1H3. The van der Waals surface area contributed by atoms with Crippen LogP contribution in [0.2, 0.25) is 0 Å². The van der Waals surface area contributed by atoms with Crippen LogP contribution >= 0.6 is 15.9 Å². The summed E-state index contributed by atoms with van der Waals surface area (Å²) in [5, 5.41) is 0. The highest BCUT2D eigenvalue weighted by molar-refractivity contribution is 9.10. The third-order valence-electron chi connectivity index (χ3n) is 3.13. The molecule has 0 atom stereocenters. The van der Waals surface area contributed by atoms with Crippen LogP contribution in [0.3, 0.4) is 0 Å². The fourth-order valence-electron chi connectivity index (χ4n) is 2.12. The molecule has 3 heteroatoms. The van der Waals surface area contributed by atoms with E-state index < -0.39 is 0 Å². The Bertz CT molecular complexity index is 346. The zero-order valence-corrected chi connectivity index (χ0v) is 11.3.